The van der Waals surface area contributed by atoms with Crippen molar-refractivity contribution >= 4 is 11.3 Å². The molecule has 0 saturated carbocycles. The molecule has 0 heterocycles. The molecule has 1 aromatic rings. The van der Waals surface area contributed by atoms with E-state index < -0.39 is 23.3 Å². The van der Waals surface area contributed by atoms with Crippen molar-refractivity contribution in [3.8, 4) is 5.75 Å². The van der Waals surface area contributed by atoms with Gasteiger partial charge in [0.05, 0.1) is 0 Å². The topological polar surface area (TPSA) is 9.23 Å². The Morgan fingerprint density at radius 2 is 2.00 bits per heavy atom. The average Bonchev–Trinajstić information content (AvgIpc) is 2.07. The molecule has 0 N–H and O–H groups in total. The van der Waals surface area contributed by atoms with Gasteiger partial charge in [-0.05, 0) is 0 Å². The molecule has 1 aromatic carbocycles. The number of halogens is 1. The third-order valence-electron chi connectivity index (χ3n) is 1.39. The summed E-state index contributed by atoms with van der Waals surface area (Å²) in [4.78, 5) is 0. The van der Waals surface area contributed by atoms with Crippen molar-refractivity contribution in [2.45, 2.75) is 6.92 Å². The van der Waals surface area contributed by atoms with E-state index in [9.17, 15) is 0 Å². The average molecular weight is 357 g/mol. The third-order valence-corrected chi connectivity index (χ3v) is 7.13. The number of ether oxygens (including phenoxy) is 1. The summed E-state index contributed by atoms with van der Waals surface area (Å²) < 4.78 is 6.63. The van der Waals surface area contributed by atoms with E-state index in [1.54, 1.807) is 0 Å². The van der Waals surface area contributed by atoms with Crippen LogP contribution in [-0.2, 0) is 23.3 Å². The first-order valence-corrected chi connectivity index (χ1v) is 13.2. The minimum atomic E-state index is -1.17. The molecule has 0 spiro atoms. The van der Waals surface area contributed by atoms with Crippen LogP contribution in [0.25, 0.3) is 0 Å². The fourth-order valence-corrected chi connectivity index (χ4v) is 4.01. The first-order chi connectivity index (χ1) is 5.36. The van der Waals surface area contributed by atoms with Gasteiger partial charge in [-0.25, -0.2) is 0 Å². The van der Waals surface area contributed by atoms with Gasteiger partial charge in [0.1, 0.15) is 0 Å². The Morgan fingerprint density at radius 1 is 1.36 bits per heavy atom. The zero-order valence-electron chi connectivity index (χ0n) is 6.51. The molecule has 1 rings (SSSR count). The monoisotopic (exact) mass is 358 g/mol. The summed E-state index contributed by atoms with van der Waals surface area (Å²) in [5.41, 5.74) is 0. The van der Waals surface area contributed by atoms with Gasteiger partial charge in [-0.15, -0.1) is 0 Å². The fourth-order valence-electron chi connectivity index (χ4n) is 0.841. The maximum atomic E-state index is 5.84. The van der Waals surface area contributed by atoms with E-state index in [4.69, 9.17) is 13.0 Å². The molecule has 0 fully saturated rings. The molecule has 0 unspecified atom stereocenters. The van der Waals surface area contributed by atoms with Gasteiger partial charge >= 0.3 is 82.9 Å². The van der Waals surface area contributed by atoms with E-state index in [-0.39, 0.29) is 0 Å². The minimum absolute atomic E-state index is 0.727. The summed E-state index contributed by atoms with van der Waals surface area (Å²) >= 11 is -1.17. The maximum absolute atomic E-state index is 5.84. The van der Waals surface area contributed by atoms with Crippen molar-refractivity contribution in [1.82, 2.24) is 0 Å². The Labute approximate surface area is 82.6 Å². The van der Waals surface area contributed by atoms with Crippen molar-refractivity contribution in [1.29, 1.82) is 0 Å². The number of hydrogen-bond donors (Lipinski definition) is 0. The Balaban J connectivity index is 2.66. The molecule has 0 bridgehead atoms. The quantitative estimate of drug-likeness (QED) is 0.752. The second kappa shape index (κ2) is 4.99. The van der Waals surface area contributed by atoms with Gasteiger partial charge in [0.2, 0.25) is 0 Å². The van der Waals surface area contributed by atoms with Gasteiger partial charge in [0.25, 0.3) is 0 Å². The normalized spacial score (nSPS) is 8.91. The fraction of sp³-hybridized carbons (Fsp3) is 0.250. The van der Waals surface area contributed by atoms with Gasteiger partial charge in [-0.3, -0.25) is 0 Å². The van der Waals surface area contributed by atoms with Crippen LogP contribution in [0.15, 0.2) is 24.3 Å². The summed E-state index contributed by atoms with van der Waals surface area (Å²) in [5, 5.41) is 0. The van der Waals surface area contributed by atoms with Crippen molar-refractivity contribution in [2.75, 3.05) is 6.61 Å². The van der Waals surface area contributed by atoms with Gasteiger partial charge in [-0.2, -0.15) is 0 Å². The van der Waals surface area contributed by atoms with Crippen LogP contribution in [0.4, 0.5) is 0 Å². The van der Waals surface area contributed by atoms with Crippen molar-refractivity contribution < 1.29 is 28.1 Å². The Hall–Kier alpha value is 0.245. The number of rotatable bonds is 3. The first-order valence-electron chi connectivity index (χ1n) is 3.64. The zero-order valence-corrected chi connectivity index (χ0v) is 12.8. The molecule has 0 aliphatic carbocycles. The summed E-state index contributed by atoms with van der Waals surface area (Å²) in [7, 11) is 5.84. The summed E-state index contributed by atoms with van der Waals surface area (Å²) in [6, 6.07) is 8.11. The van der Waals surface area contributed by atoms with Crippen LogP contribution in [0, 0.1) is 0 Å². The molecule has 0 amide bonds. The van der Waals surface area contributed by atoms with Crippen LogP contribution in [-0.4, -0.2) is 6.61 Å². The first kappa shape index (κ1) is 9.33. The van der Waals surface area contributed by atoms with Gasteiger partial charge in [-0.1, -0.05) is 0 Å². The van der Waals surface area contributed by atoms with E-state index in [0.29, 0.717) is 0 Å². The second-order valence-electron chi connectivity index (χ2n) is 2.21. The summed E-state index contributed by atoms with van der Waals surface area (Å²) in [6.07, 6.45) is 0. The van der Waals surface area contributed by atoms with Crippen LogP contribution in [0.2, 0.25) is 0 Å². The van der Waals surface area contributed by atoms with Gasteiger partial charge in [0, 0.05) is 0 Å². The molecule has 0 aliphatic heterocycles. The predicted molar refractivity (Wildman–Crippen MR) is 43.1 cm³/mol. The van der Waals surface area contributed by atoms with Crippen LogP contribution in [0.1, 0.15) is 6.92 Å². The standard InChI is InChI=1S/C8H9O.ClH.Hg/c1-2-9-8-6-4-3-5-7-8;;/h4-7H,2H2,1H3;1H;/q;;+1/p-1. The summed E-state index contributed by atoms with van der Waals surface area (Å²) in [6.45, 7) is 2.71. The molecule has 56 valence electrons. The van der Waals surface area contributed by atoms with Crippen LogP contribution in [0.5, 0.6) is 5.75 Å². The number of hydrogen-bond acceptors (Lipinski definition) is 1. The Morgan fingerprint density at radius 3 is 2.45 bits per heavy atom. The molecule has 0 aromatic heterocycles. The molecular weight excluding hydrogens is 348 g/mol. The predicted octanol–water partition coefficient (Wildman–Crippen LogP) is 1.95. The molecule has 0 saturated heterocycles. The summed E-state index contributed by atoms with van der Waals surface area (Å²) in [5.74, 6) is 0.940. The van der Waals surface area contributed by atoms with E-state index in [0.717, 1.165) is 12.4 Å². The van der Waals surface area contributed by atoms with Crippen LogP contribution >= 0.6 is 8.25 Å². The van der Waals surface area contributed by atoms with E-state index >= 15 is 0 Å². The molecule has 0 radical (unpaired) electrons. The van der Waals surface area contributed by atoms with Gasteiger partial charge in [0.15, 0.2) is 0 Å². The van der Waals surface area contributed by atoms with Crippen LogP contribution < -0.4 is 7.81 Å². The SMILES string of the molecule is CCOc1cc[c]([Hg][Cl])cc1. The zero-order chi connectivity index (χ0) is 8.10. The van der Waals surface area contributed by atoms with E-state index in [1.807, 2.05) is 19.1 Å². The van der Waals surface area contributed by atoms with E-state index in [2.05, 4.69) is 12.1 Å². The third kappa shape index (κ3) is 3.00. The molecule has 11 heavy (non-hydrogen) atoms. The van der Waals surface area contributed by atoms with Crippen molar-refractivity contribution in [3.05, 3.63) is 24.3 Å². The Kier molecular flexibility index (Phi) is 4.24. The van der Waals surface area contributed by atoms with Crippen LogP contribution in [0.3, 0.4) is 0 Å². The van der Waals surface area contributed by atoms with Gasteiger partial charge < -0.3 is 0 Å². The molecule has 3 heteroatoms. The van der Waals surface area contributed by atoms with Crippen molar-refractivity contribution in [2.24, 2.45) is 0 Å². The molecule has 0 atom stereocenters. The molecule has 0 aliphatic rings. The molecule has 1 nitrogen and oxygen atoms in total. The Bertz CT molecular complexity index is 210. The van der Waals surface area contributed by atoms with Crippen molar-refractivity contribution in [3.63, 3.8) is 0 Å². The molecular formula is C8H9ClHgO. The van der Waals surface area contributed by atoms with E-state index in [1.165, 1.54) is 3.07 Å². The number of benzene rings is 1. The second-order valence-corrected chi connectivity index (χ2v) is 8.77.